The van der Waals surface area contributed by atoms with Crippen LogP contribution in [0.1, 0.15) is 22.9 Å². The van der Waals surface area contributed by atoms with E-state index in [1.165, 1.54) is 18.1 Å². The van der Waals surface area contributed by atoms with Crippen molar-refractivity contribution >= 4 is 11.4 Å². The van der Waals surface area contributed by atoms with Crippen LogP contribution in [-0.2, 0) is 6.67 Å². The van der Waals surface area contributed by atoms with Gasteiger partial charge in [0.1, 0.15) is 5.75 Å². The molecule has 0 saturated heterocycles. The second-order valence-electron chi connectivity index (χ2n) is 7.05. The summed E-state index contributed by atoms with van der Waals surface area (Å²) in [4.78, 5) is 13.4. The molecule has 1 aromatic carbocycles. The highest BCUT2D eigenvalue weighted by molar-refractivity contribution is 6.01. The highest BCUT2D eigenvalue weighted by Gasteiger charge is 2.42. The summed E-state index contributed by atoms with van der Waals surface area (Å²) in [6.07, 6.45) is -3.13. The van der Waals surface area contributed by atoms with Crippen LogP contribution in [-0.4, -0.2) is 45.1 Å². The molecule has 7 nitrogen and oxygen atoms in total. The number of methoxy groups -OCH3 is 1. The summed E-state index contributed by atoms with van der Waals surface area (Å²) in [5.74, 6) is 1.49. The zero-order valence-corrected chi connectivity index (χ0v) is 16.9. The van der Waals surface area contributed by atoms with Crippen molar-refractivity contribution in [2.45, 2.75) is 33.7 Å². The Morgan fingerprint density at radius 3 is 2.57 bits per heavy atom. The number of nitrogens with zero attached hydrogens (tertiary/aromatic N) is 5. The molecule has 0 bridgehead atoms. The molecule has 1 aliphatic heterocycles. The molecule has 0 amide bonds. The van der Waals surface area contributed by atoms with Gasteiger partial charge in [0.25, 0.3) is 0 Å². The van der Waals surface area contributed by atoms with E-state index in [2.05, 4.69) is 15.0 Å². The minimum atomic E-state index is -4.48. The van der Waals surface area contributed by atoms with Crippen LogP contribution >= 0.6 is 0 Å². The average Bonchev–Trinajstić information content (AvgIpc) is 3.24. The Morgan fingerprint density at radius 1 is 1.17 bits per heavy atom. The van der Waals surface area contributed by atoms with Crippen LogP contribution in [0.3, 0.4) is 0 Å². The Kier molecular flexibility index (Phi) is 4.89. The van der Waals surface area contributed by atoms with E-state index in [9.17, 15) is 13.2 Å². The molecule has 3 aromatic rings. The number of oxazole rings is 1. The number of hydrogen-bond acceptors (Lipinski definition) is 6. The van der Waals surface area contributed by atoms with Crippen LogP contribution < -0.4 is 4.74 Å². The number of aryl methyl sites for hydroxylation is 2. The third kappa shape index (κ3) is 3.47. The largest absolute Gasteiger partial charge is 0.496 e. The molecule has 0 N–H and O–H groups in total. The highest BCUT2D eigenvalue weighted by Crippen LogP contribution is 2.35. The molecule has 10 heteroatoms. The van der Waals surface area contributed by atoms with Crippen molar-refractivity contribution in [1.29, 1.82) is 0 Å². The molecule has 0 aliphatic carbocycles. The van der Waals surface area contributed by atoms with Crippen LogP contribution in [0.2, 0.25) is 0 Å². The molecular formula is C20H20F3N5O2. The van der Waals surface area contributed by atoms with Gasteiger partial charge in [0.05, 0.1) is 48.7 Å². The predicted molar refractivity (Wildman–Crippen MR) is 104 cm³/mol. The number of ether oxygens (including phenoxy) is 1. The summed E-state index contributed by atoms with van der Waals surface area (Å²) in [6.45, 7) is 4.64. The smallest absolute Gasteiger partial charge is 0.461 e. The van der Waals surface area contributed by atoms with Gasteiger partial charge in [-0.25, -0.2) is 15.0 Å². The Labute approximate surface area is 170 Å². The SMILES string of the molecule is COc1cc(N=C2CN(C(F)(F)F)Cn3c2nc(C)c3C)ccc1-c1ocnc1C. The summed E-state index contributed by atoms with van der Waals surface area (Å²) < 4.78 is 52.8. The Hall–Kier alpha value is -3.14. The maximum Gasteiger partial charge on any atom is 0.461 e. The molecular weight excluding hydrogens is 399 g/mol. The van der Waals surface area contributed by atoms with Crippen LogP contribution in [0.15, 0.2) is 34.0 Å². The molecule has 0 saturated carbocycles. The fourth-order valence-electron chi connectivity index (χ4n) is 3.43. The third-order valence-corrected chi connectivity index (χ3v) is 5.17. The molecule has 0 unspecified atom stereocenters. The van der Waals surface area contributed by atoms with Crippen molar-refractivity contribution in [1.82, 2.24) is 19.4 Å². The number of aromatic nitrogens is 3. The van der Waals surface area contributed by atoms with E-state index in [0.29, 0.717) is 50.6 Å². The lowest BCUT2D eigenvalue weighted by Crippen LogP contribution is -2.47. The van der Waals surface area contributed by atoms with Gasteiger partial charge < -0.3 is 13.7 Å². The maximum atomic E-state index is 13.5. The fourth-order valence-corrected chi connectivity index (χ4v) is 3.43. The van der Waals surface area contributed by atoms with Gasteiger partial charge >= 0.3 is 6.30 Å². The van der Waals surface area contributed by atoms with Crippen molar-refractivity contribution in [3.63, 3.8) is 0 Å². The number of imidazole rings is 1. The topological polar surface area (TPSA) is 68.7 Å². The van der Waals surface area contributed by atoms with Gasteiger partial charge in [-0.2, -0.15) is 18.1 Å². The quantitative estimate of drug-likeness (QED) is 0.589. The van der Waals surface area contributed by atoms with Crippen molar-refractivity contribution in [3.05, 3.63) is 47.5 Å². The average molecular weight is 419 g/mol. The van der Waals surface area contributed by atoms with E-state index in [-0.39, 0.29) is 18.9 Å². The monoisotopic (exact) mass is 419 g/mol. The van der Waals surface area contributed by atoms with Crippen LogP contribution in [0.4, 0.5) is 18.9 Å². The van der Waals surface area contributed by atoms with Crippen molar-refractivity contribution < 1.29 is 22.3 Å². The summed E-state index contributed by atoms with van der Waals surface area (Å²) in [7, 11) is 1.51. The lowest BCUT2D eigenvalue weighted by molar-refractivity contribution is -0.251. The maximum absolute atomic E-state index is 13.5. The number of rotatable bonds is 3. The minimum absolute atomic E-state index is 0.237. The molecule has 0 radical (unpaired) electrons. The molecule has 2 aromatic heterocycles. The van der Waals surface area contributed by atoms with E-state index < -0.39 is 6.30 Å². The highest BCUT2D eigenvalue weighted by atomic mass is 19.4. The molecule has 30 heavy (non-hydrogen) atoms. The zero-order valence-electron chi connectivity index (χ0n) is 16.9. The van der Waals surface area contributed by atoms with Gasteiger partial charge in [0, 0.05) is 11.8 Å². The number of hydrogen-bond donors (Lipinski definition) is 0. The lowest BCUT2D eigenvalue weighted by Gasteiger charge is -2.31. The first-order chi connectivity index (χ1) is 14.2. The Morgan fingerprint density at radius 2 is 1.93 bits per heavy atom. The van der Waals surface area contributed by atoms with Crippen LogP contribution in [0, 0.1) is 20.8 Å². The second-order valence-corrected chi connectivity index (χ2v) is 7.05. The molecule has 158 valence electrons. The standard InChI is InChI=1S/C20H20F3N5O2/c1-11-13(3)28-10-27(20(21,22)23)8-16(19(28)25-11)26-14-5-6-15(17(7-14)29-4)18-12(2)24-9-30-18/h5-7,9H,8,10H2,1-4H3. The van der Waals surface area contributed by atoms with E-state index in [1.807, 2.05) is 6.92 Å². The van der Waals surface area contributed by atoms with Gasteiger partial charge in [0.15, 0.2) is 18.0 Å². The van der Waals surface area contributed by atoms with E-state index in [1.54, 1.807) is 32.0 Å². The number of aliphatic imine (C=N–C) groups is 1. The van der Waals surface area contributed by atoms with Gasteiger partial charge in [-0.05, 0) is 32.9 Å². The molecule has 0 atom stereocenters. The number of fused-ring (bicyclic) bond motifs is 1. The second kappa shape index (κ2) is 7.28. The van der Waals surface area contributed by atoms with Gasteiger partial charge in [0.2, 0.25) is 0 Å². The molecule has 1 aliphatic rings. The van der Waals surface area contributed by atoms with Crippen molar-refractivity contribution in [3.8, 4) is 17.1 Å². The molecule has 3 heterocycles. The number of benzene rings is 1. The van der Waals surface area contributed by atoms with Gasteiger partial charge in [-0.1, -0.05) is 0 Å². The first-order valence-electron chi connectivity index (χ1n) is 9.21. The molecule has 0 fully saturated rings. The van der Waals surface area contributed by atoms with E-state index in [4.69, 9.17) is 9.15 Å². The van der Waals surface area contributed by atoms with E-state index in [0.717, 1.165) is 0 Å². The van der Waals surface area contributed by atoms with Crippen molar-refractivity contribution in [2.75, 3.05) is 13.7 Å². The van der Waals surface area contributed by atoms with Crippen molar-refractivity contribution in [2.24, 2.45) is 4.99 Å². The summed E-state index contributed by atoms with van der Waals surface area (Å²) in [5, 5.41) is 0. The normalized spacial score (nSPS) is 16.2. The zero-order chi connectivity index (χ0) is 21.6. The first-order valence-corrected chi connectivity index (χ1v) is 9.21. The molecule has 0 spiro atoms. The lowest BCUT2D eigenvalue weighted by atomic mass is 10.1. The van der Waals surface area contributed by atoms with E-state index >= 15 is 0 Å². The van der Waals surface area contributed by atoms with Gasteiger partial charge in [-0.15, -0.1) is 0 Å². The number of halogens is 3. The summed E-state index contributed by atoms with van der Waals surface area (Å²) in [6, 6.07) is 5.11. The third-order valence-electron chi connectivity index (χ3n) is 5.17. The first kappa shape index (κ1) is 20.1. The fraction of sp³-hybridized carbons (Fsp3) is 0.350. The minimum Gasteiger partial charge on any atom is -0.496 e. The summed E-state index contributed by atoms with van der Waals surface area (Å²) in [5.41, 5.74) is 3.44. The van der Waals surface area contributed by atoms with Crippen LogP contribution in [0.5, 0.6) is 5.75 Å². The predicted octanol–water partition coefficient (Wildman–Crippen LogP) is 4.39. The number of alkyl halides is 3. The molecule has 4 rings (SSSR count). The Balaban J connectivity index is 1.78. The van der Waals surface area contributed by atoms with Crippen LogP contribution in [0.25, 0.3) is 11.3 Å². The Bertz CT molecular complexity index is 1130. The summed E-state index contributed by atoms with van der Waals surface area (Å²) >= 11 is 0. The van der Waals surface area contributed by atoms with Gasteiger partial charge in [-0.3, -0.25) is 0 Å².